The van der Waals surface area contributed by atoms with E-state index in [0.717, 1.165) is 38.9 Å². The van der Waals surface area contributed by atoms with Crippen molar-refractivity contribution in [3.8, 4) is 0 Å². The first-order chi connectivity index (χ1) is 8.29. The Bertz CT molecular complexity index is 209. The highest BCUT2D eigenvalue weighted by Crippen LogP contribution is 2.07. The molecule has 0 aromatic heterocycles. The Morgan fingerprint density at radius 2 is 1.94 bits per heavy atom. The molecule has 1 saturated heterocycles. The average molecular weight is 260 g/mol. The summed E-state index contributed by atoms with van der Waals surface area (Å²) in [6.45, 7) is 5.68. The van der Waals surface area contributed by atoms with Gasteiger partial charge in [0, 0.05) is 44.1 Å². The highest BCUT2D eigenvalue weighted by molar-refractivity contribution is 7.99. The molecule has 0 unspecified atom stereocenters. The number of carbonyl (C=O) groups is 1. The van der Waals surface area contributed by atoms with Gasteiger partial charge in [-0.3, -0.25) is 4.79 Å². The summed E-state index contributed by atoms with van der Waals surface area (Å²) in [5, 5.41) is 11.9. The molecule has 5 heteroatoms. The first-order valence-electron chi connectivity index (χ1n) is 6.51. The second-order valence-corrected chi connectivity index (χ2v) is 5.63. The van der Waals surface area contributed by atoms with Crippen LogP contribution in [0, 0.1) is 0 Å². The van der Waals surface area contributed by atoms with Gasteiger partial charge in [-0.1, -0.05) is 6.42 Å². The molecular weight excluding hydrogens is 236 g/mol. The second kappa shape index (κ2) is 9.74. The van der Waals surface area contributed by atoms with Crippen LogP contribution >= 0.6 is 11.8 Å². The predicted molar refractivity (Wildman–Crippen MR) is 72.7 cm³/mol. The standard InChI is InChI=1S/C12H24N2O2S/c15-12(16)4-2-1-3-5-13-6-7-14-8-10-17-11-9-14/h13H,1-11H2,(H,15,16). The van der Waals surface area contributed by atoms with E-state index in [1.165, 1.54) is 24.6 Å². The molecule has 0 aromatic rings. The number of hydrogen-bond donors (Lipinski definition) is 2. The Hall–Kier alpha value is -0.260. The van der Waals surface area contributed by atoms with Crippen LogP contribution in [0.2, 0.25) is 0 Å². The monoisotopic (exact) mass is 260 g/mol. The van der Waals surface area contributed by atoms with E-state index in [-0.39, 0.29) is 0 Å². The van der Waals surface area contributed by atoms with Crippen molar-refractivity contribution in [1.82, 2.24) is 10.2 Å². The number of aliphatic carboxylic acids is 1. The van der Waals surface area contributed by atoms with E-state index < -0.39 is 5.97 Å². The molecule has 0 saturated carbocycles. The quantitative estimate of drug-likeness (QED) is 0.612. The van der Waals surface area contributed by atoms with Crippen molar-refractivity contribution in [3.63, 3.8) is 0 Å². The zero-order chi connectivity index (χ0) is 12.3. The van der Waals surface area contributed by atoms with Crippen molar-refractivity contribution in [1.29, 1.82) is 0 Å². The topological polar surface area (TPSA) is 52.6 Å². The third-order valence-corrected chi connectivity index (χ3v) is 3.90. The number of hydrogen-bond acceptors (Lipinski definition) is 4. The number of rotatable bonds is 9. The van der Waals surface area contributed by atoms with Gasteiger partial charge < -0.3 is 15.3 Å². The summed E-state index contributed by atoms with van der Waals surface area (Å²) in [5.74, 6) is 1.87. The molecule has 0 amide bonds. The smallest absolute Gasteiger partial charge is 0.303 e. The second-order valence-electron chi connectivity index (χ2n) is 4.41. The van der Waals surface area contributed by atoms with Gasteiger partial charge in [-0.15, -0.1) is 0 Å². The molecule has 2 N–H and O–H groups in total. The SMILES string of the molecule is O=C(O)CCCCCNCCN1CCSCC1. The summed E-state index contributed by atoms with van der Waals surface area (Å²) >= 11 is 2.04. The van der Waals surface area contributed by atoms with Crippen molar-refractivity contribution in [2.75, 3.05) is 44.2 Å². The summed E-state index contributed by atoms with van der Waals surface area (Å²) in [5.41, 5.74) is 0. The molecule has 1 aliphatic heterocycles. The molecule has 0 aliphatic carbocycles. The molecule has 0 aromatic carbocycles. The van der Waals surface area contributed by atoms with Gasteiger partial charge in [0.15, 0.2) is 0 Å². The summed E-state index contributed by atoms with van der Waals surface area (Å²) < 4.78 is 0. The molecule has 0 bridgehead atoms. The normalized spacial score (nSPS) is 17.2. The van der Waals surface area contributed by atoms with Crippen LogP contribution in [0.3, 0.4) is 0 Å². The molecule has 0 spiro atoms. The molecule has 17 heavy (non-hydrogen) atoms. The molecule has 1 fully saturated rings. The molecule has 1 aliphatic rings. The van der Waals surface area contributed by atoms with Crippen molar-refractivity contribution in [2.24, 2.45) is 0 Å². The number of thioether (sulfide) groups is 1. The molecule has 1 heterocycles. The van der Waals surface area contributed by atoms with Crippen molar-refractivity contribution < 1.29 is 9.90 Å². The van der Waals surface area contributed by atoms with E-state index in [4.69, 9.17) is 5.11 Å². The van der Waals surface area contributed by atoms with Gasteiger partial charge in [0.1, 0.15) is 0 Å². The van der Waals surface area contributed by atoms with E-state index in [9.17, 15) is 4.79 Å². The first kappa shape index (κ1) is 14.8. The maximum Gasteiger partial charge on any atom is 0.303 e. The summed E-state index contributed by atoms with van der Waals surface area (Å²) in [6, 6.07) is 0. The van der Waals surface area contributed by atoms with Crippen LogP contribution in [0.5, 0.6) is 0 Å². The number of nitrogens with one attached hydrogen (secondary N) is 1. The van der Waals surface area contributed by atoms with Gasteiger partial charge in [-0.2, -0.15) is 11.8 Å². The van der Waals surface area contributed by atoms with Gasteiger partial charge in [0.2, 0.25) is 0 Å². The van der Waals surface area contributed by atoms with Crippen LogP contribution in [-0.4, -0.2) is 60.2 Å². The lowest BCUT2D eigenvalue weighted by Gasteiger charge is -2.26. The predicted octanol–water partition coefficient (Wildman–Crippen LogP) is 1.27. The number of unbranched alkanes of at least 4 members (excludes halogenated alkanes) is 2. The van der Waals surface area contributed by atoms with E-state index in [0.29, 0.717) is 6.42 Å². The molecule has 0 radical (unpaired) electrons. The fourth-order valence-corrected chi connectivity index (χ4v) is 2.87. The van der Waals surface area contributed by atoms with Crippen molar-refractivity contribution >= 4 is 17.7 Å². The Labute approximate surface area is 108 Å². The molecule has 100 valence electrons. The van der Waals surface area contributed by atoms with Crippen LogP contribution in [0.15, 0.2) is 0 Å². The molecule has 4 nitrogen and oxygen atoms in total. The highest BCUT2D eigenvalue weighted by atomic mass is 32.2. The van der Waals surface area contributed by atoms with Gasteiger partial charge in [0.05, 0.1) is 0 Å². The van der Waals surface area contributed by atoms with E-state index in [1.807, 2.05) is 11.8 Å². The van der Waals surface area contributed by atoms with Gasteiger partial charge in [-0.05, 0) is 19.4 Å². The summed E-state index contributed by atoms with van der Waals surface area (Å²) in [6.07, 6.45) is 3.22. The van der Waals surface area contributed by atoms with Crippen LogP contribution in [0.25, 0.3) is 0 Å². The van der Waals surface area contributed by atoms with Gasteiger partial charge >= 0.3 is 5.97 Å². The molecule has 0 atom stereocenters. The highest BCUT2D eigenvalue weighted by Gasteiger charge is 2.08. The molecule has 1 rings (SSSR count). The first-order valence-corrected chi connectivity index (χ1v) is 7.67. The molecular formula is C12H24N2O2S. The zero-order valence-corrected chi connectivity index (χ0v) is 11.3. The van der Waals surface area contributed by atoms with Crippen LogP contribution in [-0.2, 0) is 4.79 Å². The lowest BCUT2D eigenvalue weighted by Crippen LogP contribution is -2.37. The van der Waals surface area contributed by atoms with E-state index >= 15 is 0 Å². The van der Waals surface area contributed by atoms with Crippen LogP contribution in [0.1, 0.15) is 25.7 Å². The van der Waals surface area contributed by atoms with Crippen molar-refractivity contribution in [2.45, 2.75) is 25.7 Å². The summed E-state index contributed by atoms with van der Waals surface area (Å²) in [4.78, 5) is 12.8. The van der Waals surface area contributed by atoms with Gasteiger partial charge in [0.25, 0.3) is 0 Å². The maximum absolute atomic E-state index is 10.3. The van der Waals surface area contributed by atoms with Gasteiger partial charge in [-0.25, -0.2) is 0 Å². The Morgan fingerprint density at radius 3 is 2.65 bits per heavy atom. The minimum atomic E-state index is -0.680. The summed E-state index contributed by atoms with van der Waals surface area (Å²) in [7, 11) is 0. The Morgan fingerprint density at radius 1 is 1.18 bits per heavy atom. The zero-order valence-electron chi connectivity index (χ0n) is 10.5. The Kier molecular flexibility index (Phi) is 8.48. The lowest BCUT2D eigenvalue weighted by atomic mass is 10.2. The maximum atomic E-state index is 10.3. The lowest BCUT2D eigenvalue weighted by molar-refractivity contribution is -0.137. The van der Waals surface area contributed by atoms with Crippen molar-refractivity contribution in [3.05, 3.63) is 0 Å². The number of nitrogens with zero attached hydrogens (tertiary/aromatic N) is 1. The number of carboxylic acid groups (broad SMARTS) is 1. The largest absolute Gasteiger partial charge is 0.481 e. The third-order valence-electron chi connectivity index (χ3n) is 2.95. The fourth-order valence-electron chi connectivity index (χ4n) is 1.89. The van der Waals surface area contributed by atoms with Crippen LogP contribution < -0.4 is 5.32 Å². The third kappa shape index (κ3) is 8.46. The average Bonchev–Trinajstić information content (AvgIpc) is 2.33. The Balaban J connectivity index is 1.79. The van der Waals surface area contributed by atoms with E-state index in [1.54, 1.807) is 0 Å². The minimum Gasteiger partial charge on any atom is -0.481 e. The fraction of sp³-hybridized carbons (Fsp3) is 0.917. The number of carboxylic acids is 1. The minimum absolute atomic E-state index is 0.311. The van der Waals surface area contributed by atoms with E-state index in [2.05, 4.69) is 10.2 Å². The van der Waals surface area contributed by atoms with Crippen LogP contribution in [0.4, 0.5) is 0 Å².